The van der Waals surface area contributed by atoms with E-state index in [2.05, 4.69) is 22.4 Å². The predicted molar refractivity (Wildman–Crippen MR) is 98.3 cm³/mol. The highest BCUT2D eigenvalue weighted by Crippen LogP contribution is 2.49. The Bertz CT molecular complexity index is 965. The average molecular weight is 372 g/mol. The topological polar surface area (TPSA) is 42.0 Å². The molecule has 134 valence electrons. The molecular formula is C20H18F2N2OS. The van der Waals surface area contributed by atoms with Crippen LogP contribution in [0.3, 0.4) is 0 Å². The second-order valence-corrected chi connectivity index (χ2v) is 7.82. The van der Waals surface area contributed by atoms with Gasteiger partial charge >= 0.3 is 0 Å². The lowest BCUT2D eigenvalue weighted by molar-refractivity contribution is -0.122. The number of amides is 1. The maximum Gasteiger partial charge on any atom is 0.223 e. The molecule has 2 aromatic carbocycles. The number of halogens is 2. The van der Waals surface area contributed by atoms with Crippen molar-refractivity contribution in [3.05, 3.63) is 64.2 Å². The third-order valence-corrected chi connectivity index (χ3v) is 5.82. The number of aromatic nitrogens is 1. The van der Waals surface area contributed by atoms with Gasteiger partial charge in [-0.15, -0.1) is 11.3 Å². The number of carbonyl (C=O) groups is 1. The molecule has 0 spiro atoms. The van der Waals surface area contributed by atoms with Crippen molar-refractivity contribution in [3.8, 4) is 0 Å². The fraction of sp³-hybridized carbons (Fsp3) is 0.300. The largest absolute Gasteiger partial charge is 0.355 e. The molecule has 1 amide bonds. The monoisotopic (exact) mass is 372 g/mol. The molecule has 1 N–H and O–H groups in total. The molecule has 1 aliphatic rings. The molecular weight excluding hydrogens is 354 g/mol. The number of nitrogens with zero attached hydrogens (tertiary/aromatic N) is 1. The number of aryl methyl sites for hydroxylation is 1. The first-order valence-electron chi connectivity index (χ1n) is 8.60. The summed E-state index contributed by atoms with van der Waals surface area (Å²) in [4.78, 5) is 16.8. The van der Waals surface area contributed by atoms with Gasteiger partial charge in [-0.1, -0.05) is 12.1 Å². The Morgan fingerprint density at radius 2 is 2.04 bits per heavy atom. The summed E-state index contributed by atoms with van der Waals surface area (Å²) >= 11 is 1.62. The SMILES string of the molecule is Cc1ccc2sc(CCNC(=O)[C@@H]3C[C@@H]3c3c(F)cccc3F)nc2c1. The second kappa shape index (κ2) is 6.76. The number of carbonyl (C=O) groups excluding carboxylic acids is 1. The minimum absolute atomic E-state index is 0.0363. The molecule has 2 atom stereocenters. The molecule has 1 aromatic heterocycles. The van der Waals surface area contributed by atoms with Crippen LogP contribution in [0.25, 0.3) is 10.2 Å². The number of hydrogen-bond acceptors (Lipinski definition) is 3. The Morgan fingerprint density at radius 1 is 1.27 bits per heavy atom. The van der Waals surface area contributed by atoms with E-state index in [9.17, 15) is 13.6 Å². The maximum atomic E-state index is 13.8. The lowest BCUT2D eigenvalue weighted by Gasteiger charge is -2.05. The summed E-state index contributed by atoms with van der Waals surface area (Å²) in [5, 5.41) is 3.84. The third-order valence-electron chi connectivity index (χ3n) is 4.72. The molecule has 1 aliphatic carbocycles. The molecule has 1 saturated carbocycles. The summed E-state index contributed by atoms with van der Waals surface area (Å²) in [5.74, 6) is -2.00. The van der Waals surface area contributed by atoms with Crippen LogP contribution in [-0.4, -0.2) is 17.4 Å². The highest BCUT2D eigenvalue weighted by molar-refractivity contribution is 7.18. The molecule has 0 aliphatic heterocycles. The standard InChI is InChI=1S/C20H18F2N2OS/c1-11-5-6-17-16(9-11)24-18(26-17)7-8-23-20(25)13-10-12(13)19-14(21)3-2-4-15(19)22/h2-6,9,12-13H,7-8,10H2,1H3,(H,23,25)/t12-,13+/m0/s1. The van der Waals surface area contributed by atoms with Crippen LogP contribution in [0.15, 0.2) is 36.4 Å². The van der Waals surface area contributed by atoms with Crippen molar-refractivity contribution in [2.45, 2.75) is 25.7 Å². The van der Waals surface area contributed by atoms with E-state index < -0.39 is 11.6 Å². The minimum Gasteiger partial charge on any atom is -0.355 e. The Morgan fingerprint density at radius 3 is 2.81 bits per heavy atom. The van der Waals surface area contributed by atoms with E-state index in [1.807, 2.05) is 13.0 Å². The van der Waals surface area contributed by atoms with Crippen LogP contribution in [0, 0.1) is 24.5 Å². The molecule has 3 nitrogen and oxygen atoms in total. The number of fused-ring (bicyclic) bond motifs is 1. The first kappa shape index (κ1) is 17.1. The summed E-state index contributed by atoms with van der Waals surface area (Å²) in [6.45, 7) is 2.50. The van der Waals surface area contributed by atoms with Crippen LogP contribution >= 0.6 is 11.3 Å². The van der Waals surface area contributed by atoms with Gasteiger partial charge in [0.2, 0.25) is 5.91 Å². The van der Waals surface area contributed by atoms with Gasteiger partial charge in [0.25, 0.3) is 0 Å². The van der Waals surface area contributed by atoms with Crippen molar-refractivity contribution >= 4 is 27.5 Å². The Labute approximate surface area is 154 Å². The number of nitrogens with one attached hydrogen (secondary N) is 1. The van der Waals surface area contributed by atoms with Gasteiger partial charge in [-0.25, -0.2) is 13.8 Å². The fourth-order valence-corrected chi connectivity index (χ4v) is 4.23. The lowest BCUT2D eigenvalue weighted by Crippen LogP contribution is -2.27. The van der Waals surface area contributed by atoms with Crippen LogP contribution in [-0.2, 0) is 11.2 Å². The summed E-state index contributed by atoms with van der Waals surface area (Å²) in [6, 6.07) is 9.97. The zero-order valence-electron chi connectivity index (χ0n) is 14.3. The zero-order valence-corrected chi connectivity index (χ0v) is 15.1. The number of thiazole rings is 1. The van der Waals surface area contributed by atoms with Crippen molar-refractivity contribution < 1.29 is 13.6 Å². The number of benzene rings is 2. The molecule has 0 saturated heterocycles. The van der Waals surface area contributed by atoms with Gasteiger partial charge in [-0.05, 0) is 43.2 Å². The van der Waals surface area contributed by atoms with Crippen molar-refractivity contribution in [2.75, 3.05) is 6.54 Å². The average Bonchev–Trinajstić information content (AvgIpc) is 3.27. The third kappa shape index (κ3) is 3.33. The Balaban J connectivity index is 1.33. The first-order valence-corrected chi connectivity index (χ1v) is 9.42. The maximum absolute atomic E-state index is 13.8. The van der Waals surface area contributed by atoms with Gasteiger partial charge in [0.05, 0.1) is 15.2 Å². The van der Waals surface area contributed by atoms with Crippen LogP contribution in [0.5, 0.6) is 0 Å². The van der Waals surface area contributed by atoms with Crippen molar-refractivity contribution in [1.82, 2.24) is 10.3 Å². The van der Waals surface area contributed by atoms with Gasteiger partial charge in [-0.2, -0.15) is 0 Å². The van der Waals surface area contributed by atoms with Gasteiger partial charge in [-0.3, -0.25) is 4.79 Å². The van der Waals surface area contributed by atoms with E-state index in [4.69, 9.17) is 0 Å². The van der Waals surface area contributed by atoms with Crippen LogP contribution in [0.2, 0.25) is 0 Å². The molecule has 0 bridgehead atoms. The molecule has 3 aromatic rings. The van der Waals surface area contributed by atoms with Crippen LogP contribution < -0.4 is 5.32 Å². The molecule has 26 heavy (non-hydrogen) atoms. The summed E-state index contributed by atoms with van der Waals surface area (Å²) in [7, 11) is 0. The minimum atomic E-state index is -0.574. The molecule has 0 unspecified atom stereocenters. The molecule has 6 heteroatoms. The van der Waals surface area contributed by atoms with Crippen LogP contribution in [0.1, 0.15) is 28.5 Å². The molecule has 1 heterocycles. The Hall–Kier alpha value is -2.34. The van der Waals surface area contributed by atoms with E-state index in [0.717, 1.165) is 15.2 Å². The summed E-state index contributed by atoms with van der Waals surface area (Å²) in [5.41, 5.74) is 2.19. The van der Waals surface area contributed by atoms with Crippen molar-refractivity contribution in [3.63, 3.8) is 0 Å². The van der Waals surface area contributed by atoms with E-state index in [1.165, 1.54) is 23.8 Å². The van der Waals surface area contributed by atoms with Gasteiger partial charge < -0.3 is 5.32 Å². The molecule has 4 rings (SSSR count). The second-order valence-electron chi connectivity index (χ2n) is 6.70. The summed E-state index contributed by atoms with van der Waals surface area (Å²) in [6.07, 6.45) is 1.14. The van der Waals surface area contributed by atoms with Gasteiger partial charge in [0, 0.05) is 30.4 Å². The van der Waals surface area contributed by atoms with Gasteiger partial charge in [0.15, 0.2) is 0 Å². The smallest absolute Gasteiger partial charge is 0.223 e. The highest BCUT2D eigenvalue weighted by atomic mass is 32.1. The summed E-state index contributed by atoms with van der Waals surface area (Å²) < 4.78 is 28.7. The predicted octanol–water partition coefficient (Wildman–Crippen LogP) is 4.35. The molecule has 1 fully saturated rings. The van der Waals surface area contributed by atoms with E-state index in [0.29, 0.717) is 19.4 Å². The van der Waals surface area contributed by atoms with Gasteiger partial charge in [0.1, 0.15) is 11.6 Å². The van der Waals surface area contributed by atoms with E-state index >= 15 is 0 Å². The van der Waals surface area contributed by atoms with E-state index in [1.54, 1.807) is 11.3 Å². The highest BCUT2D eigenvalue weighted by Gasteiger charge is 2.46. The fourth-order valence-electron chi connectivity index (χ4n) is 3.28. The first-order chi connectivity index (χ1) is 12.5. The Kier molecular flexibility index (Phi) is 4.44. The lowest BCUT2D eigenvalue weighted by atomic mass is 10.1. The number of hydrogen-bond donors (Lipinski definition) is 1. The van der Waals surface area contributed by atoms with Crippen molar-refractivity contribution in [1.29, 1.82) is 0 Å². The van der Waals surface area contributed by atoms with Crippen molar-refractivity contribution in [2.24, 2.45) is 5.92 Å². The zero-order chi connectivity index (χ0) is 18.3. The normalized spacial score (nSPS) is 18.9. The molecule has 0 radical (unpaired) electrons. The number of rotatable bonds is 5. The quantitative estimate of drug-likeness (QED) is 0.724. The van der Waals surface area contributed by atoms with E-state index in [-0.39, 0.29) is 23.3 Å². The van der Waals surface area contributed by atoms with Crippen LogP contribution in [0.4, 0.5) is 8.78 Å².